The number of carbonyl (C=O) groups excluding carboxylic acids is 1. The molecule has 0 unspecified atom stereocenters. The molecule has 3 rings (SSSR count). The number of carbonyl (C=O) groups is 1. The molecule has 0 bridgehead atoms. The average molecular weight is 273 g/mol. The molecule has 0 N–H and O–H groups in total. The van der Waals surface area contributed by atoms with Crippen LogP contribution in [0.5, 0.6) is 5.75 Å². The number of benzene rings is 1. The highest BCUT2D eigenvalue weighted by molar-refractivity contribution is 5.94. The van der Waals surface area contributed by atoms with E-state index in [1.807, 2.05) is 29.2 Å². The minimum absolute atomic E-state index is 0.164. The van der Waals surface area contributed by atoms with Crippen LogP contribution in [-0.4, -0.2) is 30.0 Å². The van der Waals surface area contributed by atoms with Gasteiger partial charge in [0.05, 0.1) is 6.10 Å². The maximum absolute atomic E-state index is 12.3. The highest BCUT2D eigenvalue weighted by Crippen LogP contribution is 2.24. The normalized spacial score (nSPS) is 20.1. The van der Waals surface area contributed by atoms with Gasteiger partial charge in [-0.05, 0) is 69.2 Å². The molecule has 2 aliphatic rings. The van der Waals surface area contributed by atoms with Crippen molar-refractivity contribution in [3.63, 3.8) is 0 Å². The van der Waals surface area contributed by atoms with E-state index in [4.69, 9.17) is 4.74 Å². The van der Waals surface area contributed by atoms with Crippen molar-refractivity contribution < 1.29 is 9.53 Å². The average Bonchev–Trinajstić information content (AvgIpc) is 3.01. The summed E-state index contributed by atoms with van der Waals surface area (Å²) in [6.07, 6.45) is 8.76. The first-order valence-electron chi connectivity index (χ1n) is 7.89. The van der Waals surface area contributed by atoms with Gasteiger partial charge in [0.25, 0.3) is 5.91 Å². The Kier molecular flexibility index (Phi) is 4.24. The largest absolute Gasteiger partial charge is 0.490 e. The van der Waals surface area contributed by atoms with Crippen molar-refractivity contribution in [2.24, 2.45) is 0 Å². The molecule has 0 atom stereocenters. The van der Waals surface area contributed by atoms with Gasteiger partial charge in [-0.3, -0.25) is 4.79 Å². The first-order valence-corrected chi connectivity index (χ1v) is 7.89. The Morgan fingerprint density at radius 2 is 1.60 bits per heavy atom. The molecule has 3 heteroatoms. The molecule has 1 saturated heterocycles. The Hall–Kier alpha value is -1.51. The highest BCUT2D eigenvalue weighted by Gasteiger charge is 2.19. The van der Waals surface area contributed by atoms with E-state index in [-0.39, 0.29) is 5.91 Å². The number of amides is 1. The van der Waals surface area contributed by atoms with Gasteiger partial charge in [-0.2, -0.15) is 0 Å². The molecule has 1 saturated carbocycles. The summed E-state index contributed by atoms with van der Waals surface area (Å²) in [6, 6.07) is 7.69. The fourth-order valence-corrected chi connectivity index (χ4v) is 3.15. The molecule has 20 heavy (non-hydrogen) atoms. The van der Waals surface area contributed by atoms with Crippen molar-refractivity contribution in [2.75, 3.05) is 13.1 Å². The second-order valence-corrected chi connectivity index (χ2v) is 5.90. The number of nitrogens with zero attached hydrogens (tertiary/aromatic N) is 1. The number of ether oxygens (including phenoxy) is 1. The lowest BCUT2D eigenvalue weighted by Gasteiger charge is -2.26. The Morgan fingerprint density at radius 3 is 2.25 bits per heavy atom. The van der Waals surface area contributed by atoms with Crippen LogP contribution in [0.15, 0.2) is 24.3 Å². The maximum atomic E-state index is 12.3. The van der Waals surface area contributed by atoms with E-state index in [2.05, 4.69) is 0 Å². The third kappa shape index (κ3) is 3.14. The molecule has 0 radical (unpaired) electrons. The van der Waals surface area contributed by atoms with Gasteiger partial charge in [-0.15, -0.1) is 0 Å². The molecule has 108 valence electrons. The van der Waals surface area contributed by atoms with Crippen molar-refractivity contribution in [3.8, 4) is 5.75 Å². The smallest absolute Gasteiger partial charge is 0.253 e. The molecule has 0 aromatic heterocycles. The first-order chi connectivity index (χ1) is 9.83. The van der Waals surface area contributed by atoms with Crippen molar-refractivity contribution in [1.29, 1.82) is 0 Å². The van der Waals surface area contributed by atoms with Gasteiger partial charge < -0.3 is 9.64 Å². The Bertz CT molecular complexity index is 443. The van der Waals surface area contributed by atoms with E-state index in [1.54, 1.807) is 0 Å². The molecule has 1 aliphatic heterocycles. The van der Waals surface area contributed by atoms with Crippen LogP contribution in [0.25, 0.3) is 0 Å². The molecular weight excluding hydrogens is 250 g/mol. The zero-order valence-electron chi connectivity index (χ0n) is 12.0. The molecule has 1 heterocycles. The van der Waals surface area contributed by atoms with E-state index >= 15 is 0 Å². The third-order valence-corrected chi connectivity index (χ3v) is 4.35. The second kappa shape index (κ2) is 6.29. The predicted octanol–water partition coefficient (Wildman–Crippen LogP) is 3.63. The standard InChI is InChI=1S/C17H23NO2/c19-17(18-12-4-1-5-13-18)14-8-10-16(11-9-14)20-15-6-2-3-7-15/h8-11,15H,1-7,12-13H2. The van der Waals surface area contributed by atoms with Gasteiger partial charge in [0.15, 0.2) is 0 Å². The molecule has 1 aliphatic carbocycles. The zero-order valence-corrected chi connectivity index (χ0v) is 12.0. The summed E-state index contributed by atoms with van der Waals surface area (Å²) in [5.41, 5.74) is 0.783. The van der Waals surface area contributed by atoms with E-state index in [0.717, 1.165) is 50.1 Å². The predicted molar refractivity (Wildman–Crippen MR) is 79.1 cm³/mol. The number of hydrogen-bond donors (Lipinski definition) is 0. The Morgan fingerprint density at radius 1 is 0.950 bits per heavy atom. The first kappa shape index (κ1) is 13.5. The minimum Gasteiger partial charge on any atom is -0.490 e. The van der Waals surface area contributed by atoms with Crippen molar-refractivity contribution >= 4 is 5.91 Å². The number of piperidine rings is 1. The van der Waals surface area contributed by atoms with Gasteiger partial charge in [-0.25, -0.2) is 0 Å². The van der Waals surface area contributed by atoms with Crippen LogP contribution in [0.1, 0.15) is 55.3 Å². The monoisotopic (exact) mass is 273 g/mol. The fraction of sp³-hybridized carbons (Fsp3) is 0.588. The topological polar surface area (TPSA) is 29.5 Å². The third-order valence-electron chi connectivity index (χ3n) is 4.35. The van der Waals surface area contributed by atoms with Gasteiger partial charge in [0, 0.05) is 18.7 Å². The SMILES string of the molecule is O=C(c1ccc(OC2CCCC2)cc1)N1CCCCC1. The minimum atomic E-state index is 0.164. The lowest BCUT2D eigenvalue weighted by atomic mass is 10.1. The summed E-state index contributed by atoms with van der Waals surface area (Å²) < 4.78 is 5.93. The summed E-state index contributed by atoms with van der Waals surface area (Å²) in [4.78, 5) is 14.3. The number of rotatable bonds is 3. The molecule has 3 nitrogen and oxygen atoms in total. The second-order valence-electron chi connectivity index (χ2n) is 5.90. The van der Waals surface area contributed by atoms with E-state index in [1.165, 1.54) is 19.3 Å². The Balaban J connectivity index is 1.61. The van der Waals surface area contributed by atoms with Gasteiger partial charge in [0.1, 0.15) is 5.75 Å². The summed E-state index contributed by atoms with van der Waals surface area (Å²) >= 11 is 0. The van der Waals surface area contributed by atoms with Crippen molar-refractivity contribution in [1.82, 2.24) is 4.90 Å². The van der Waals surface area contributed by atoms with Crippen LogP contribution < -0.4 is 4.74 Å². The summed E-state index contributed by atoms with van der Waals surface area (Å²) in [5.74, 6) is 1.06. The summed E-state index contributed by atoms with van der Waals surface area (Å²) in [6.45, 7) is 1.80. The molecule has 1 amide bonds. The van der Waals surface area contributed by atoms with E-state index < -0.39 is 0 Å². The fourth-order valence-electron chi connectivity index (χ4n) is 3.15. The van der Waals surface area contributed by atoms with Crippen LogP contribution in [0.4, 0.5) is 0 Å². The van der Waals surface area contributed by atoms with Crippen LogP contribution >= 0.6 is 0 Å². The number of hydrogen-bond acceptors (Lipinski definition) is 2. The van der Waals surface area contributed by atoms with Gasteiger partial charge in [0.2, 0.25) is 0 Å². The summed E-state index contributed by atoms with van der Waals surface area (Å²) in [7, 11) is 0. The van der Waals surface area contributed by atoms with E-state index in [0.29, 0.717) is 6.10 Å². The molecule has 1 aromatic rings. The van der Waals surface area contributed by atoms with Crippen molar-refractivity contribution in [2.45, 2.75) is 51.0 Å². The zero-order chi connectivity index (χ0) is 13.8. The highest BCUT2D eigenvalue weighted by atomic mass is 16.5. The molecule has 0 spiro atoms. The quantitative estimate of drug-likeness (QED) is 0.841. The molecular formula is C17H23NO2. The van der Waals surface area contributed by atoms with Gasteiger partial charge in [-0.1, -0.05) is 0 Å². The maximum Gasteiger partial charge on any atom is 0.253 e. The molecule has 1 aromatic carbocycles. The number of likely N-dealkylation sites (tertiary alicyclic amines) is 1. The Labute approximate surface area is 120 Å². The van der Waals surface area contributed by atoms with Gasteiger partial charge >= 0.3 is 0 Å². The van der Waals surface area contributed by atoms with Crippen LogP contribution in [0, 0.1) is 0 Å². The summed E-state index contributed by atoms with van der Waals surface area (Å²) in [5, 5.41) is 0. The van der Waals surface area contributed by atoms with Crippen molar-refractivity contribution in [3.05, 3.63) is 29.8 Å². The van der Waals surface area contributed by atoms with E-state index in [9.17, 15) is 4.79 Å². The molecule has 2 fully saturated rings. The van der Waals surface area contributed by atoms with Crippen LogP contribution in [0.3, 0.4) is 0 Å². The lowest BCUT2D eigenvalue weighted by Crippen LogP contribution is -2.35. The van der Waals surface area contributed by atoms with Crippen LogP contribution in [0.2, 0.25) is 0 Å². The lowest BCUT2D eigenvalue weighted by molar-refractivity contribution is 0.0724. The van der Waals surface area contributed by atoms with Crippen LogP contribution in [-0.2, 0) is 0 Å².